The Bertz CT molecular complexity index is 629. The van der Waals surface area contributed by atoms with E-state index in [-0.39, 0.29) is 18.4 Å². The molecule has 0 spiro atoms. The van der Waals surface area contributed by atoms with Crippen LogP contribution in [0.25, 0.3) is 0 Å². The molecule has 1 aromatic rings. The highest BCUT2D eigenvalue weighted by Crippen LogP contribution is 2.43. The molecule has 1 amide bonds. The van der Waals surface area contributed by atoms with Gasteiger partial charge in [0.2, 0.25) is 11.8 Å². The van der Waals surface area contributed by atoms with Crippen LogP contribution in [0.1, 0.15) is 58.1 Å². The number of nitrogens with zero attached hydrogens (tertiary/aromatic N) is 2. The van der Waals surface area contributed by atoms with Crippen molar-refractivity contribution in [1.29, 1.82) is 0 Å². The summed E-state index contributed by atoms with van der Waals surface area (Å²) in [5.74, 6) is 1.65. The van der Waals surface area contributed by atoms with Crippen LogP contribution >= 0.6 is 0 Å². The van der Waals surface area contributed by atoms with Crippen LogP contribution in [-0.2, 0) is 0 Å². The maximum Gasteiger partial charge on any atom is 0.414 e. The molecular formula is C18H27N3O4. The van der Waals surface area contributed by atoms with Gasteiger partial charge in [-0.05, 0) is 44.4 Å². The molecule has 1 heterocycles. The van der Waals surface area contributed by atoms with Crippen molar-refractivity contribution < 1.29 is 19.4 Å². The van der Waals surface area contributed by atoms with Crippen molar-refractivity contribution >= 4 is 6.09 Å². The molecule has 0 radical (unpaired) electrons. The lowest BCUT2D eigenvalue weighted by Gasteiger charge is -2.32. The molecule has 2 saturated carbocycles. The molecule has 2 aliphatic rings. The summed E-state index contributed by atoms with van der Waals surface area (Å²) in [6, 6.07) is 0. The molecule has 7 nitrogen and oxygen atoms in total. The van der Waals surface area contributed by atoms with E-state index in [0.717, 1.165) is 18.5 Å². The Labute approximate surface area is 148 Å². The van der Waals surface area contributed by atoms with Gasteiger partial charge in [-0.3, -0.25) is 0 Å². The Kier molecular flexibility index (Phi) is 5.13. The number of hydrogen-bond donors (Lipinski definition) is 2. The largest absolute Gasteiger partial charge is 0.476 e. The van der Waals surface area contributed by atoms with E-state index in [2.05, 4.69) is 15.3 Å². The van der Waals surface area contributed by atoms with Crippen LogP contribution in [0.3, 0.4) is 0 Å². The summed E-state index contributed by atoms with van der Waals surface area (Å²) in [6.07, 6.45) is 5.38. The molecule has 25 heavy (non-hydrogen) atoms. The van der Waals surface area contributed by atoms with Crippen LogP contribution < -0.4 is 14.8 Å². The van der Waals surface area contributed by atoms with Gasteiger partial charge in [-0.1, -0.05) is 13.8 Å². The number of aliphatic hydroxyl groups is 1. The summed E-state index contributed by atoms with van der Waals surface area (Å²) in [6.45, 7) is 6.07. The summed E-state index contributed by atoms with van der Waals surface area (Å²) in [4.78, 5) is 20.9. The predicted octanol–water partition coefficient (Wildman–Crippen LogP) is 2.64. The number of hydrogen-bond acceptors (Lipinski definition) is 6. The molecule has 1 atom stereocenters. The van der Waals surface area contributed by atoms with Gasteiger partial charge >= 0.3 is 6.09 Å². The van der Waals surface area contributed by atoms with Crippen molar-refractivity contribution in [2.75, 3.05) is 13.2 Å². The highest BCUT2D eigenvalue weighted by atomic mass is 16.6. The number of aromatic nitrogens is 2. The zero-order valence-electron chi connectivity index (χ0n) is 15.1. The zero-order chi connectivity index (χ0) is 18.0. The predicted molar refractivity (Wildman–Crippen MR) is 91.7 cm³/mol. The third-order valence-corrected chi connectivity index (χ3v) is 5.05. The normalized spacial score (nSPS) is 19.4. The first-order valence-electron chi connectivity index (χ1n) is 9.02. The molecule has 2 N–H and O–H groups in total. The fourth-order valence-electron chi connectivity index (χ4n) is 2.36. The van der Waals surface area contributed by atoms with Crippen molar-refractivity contribution in [3.8, 4) is 11.8 Å². The Hall–Kier alpha value is -1.89. The van der Waals surface area contributed by atoms with Crippen molar-refractivity contribution in [2.45, 2.75) is 57.9 Å². The van der Waals surface area contributed by atoms with E-state index >= 15 is 0 Å². The standard InChI is InChI=1S/C18H27N3O4/c1-11(2)18(3,10-22)21-17(23)25-14-8-19-15(13-6-7-13)16(20-14)24-9-12-4-5-12/h8,11-13,22H,4-7,9-10H2,1-3H3,(H,21,23)/t18-/m1/s1. The Morgan fingerprint density at radius 3 is 2.68 bits per heavy atom. The third kappa shape index (κ3) is 4.60. The van der Waals surface area contributed by atoms with Gasteiger partial charge in [0.15, 0.2) is 0 Å². The second-order valence-electron chi connectivity index (χ2n) is 7.67. The number of nitrogens with one attached hydrogen (secondary N) is 1. The van der Waals surface area contributed by atoms with Crippen LogP contribution in [-0.4, -0.2) is 39.9 Å². The highest BCUT2D eigenvalue weighted by Gasteiger charge is 2.32. The minimum absolute atomic E-state index is 0.0470. The number of ether oxygens (including phenoxy) is 2. The molecule has 0 saturated heterocycles. The molecule has 0 bridgehead atoms. The fraction of sp³-hybridized carbons (Fsp3) is 0.722. The van der Waals surface area contributed by atoms with Gasteiger partial charge in [0.05, 0.1) is 24.9 Å². The van der Waals surface area contributed by atoms with E-state index in [1.807, 2.05) is 13.8 Å². The molecular weight excluding hydrogens is 322 g/mol. The fourth-order valence-corrected chi connectivity index (χ4v) is 2.36. The van der Waals surface area contributed by atoms with E-state index < -0.39 is 11.6 Å². The van der Waals surface area contributed by atoms with Crippen LogP contribution in [0.5, 0.6) is 11.8 Å². The van der Waals surface area contributed by atoms with Crippen molar-refractivity contribution in [3.05, 3.63) is 11.9 Å². The topological polar surface area (TPSA) is 93.6 Å². The van der Waals surface area contributed by atoms with Gasteiger partial charge < -0.3 is 19.9 Å². The van der Waals surface area contributed by atoms with Crippen LogP contribution in [0.15, 0.2) is 6.20 Å². The number of carbonyl (C=O) groups excluding carboxylic acids is 1. The second-order valence-corrected chi connectivity index (χ2v) is 7.67. The summed E-state index contributed by atoms with van der Waals surface area (Å²) in [5, 5.41) is 12.2. The minimum atomic E-state index is -0.760. The summed E-state index contributed by atoms with van der Waals surface area (Å²) < 4.78 is 11.1. The van der Waals surface area contributed by atoms with Crippen molar-refractivity contribution in [3.63, 3.8) is 0 Å². The lowest BCUT2D eigenvalue weighted by molar-refractivity contribution is 0.121. The SMILES string of the molecule is CC(C)[C@@](C)(CO)NC(=O)Oc1cnc(C2CC2)c(OCC2CC2)n1. The molecule has 0 aliphatic heterocycles. The second kappa shape index (κ2) is 7.15. The minimum Gasteiger partial charge on any atom is -0.476 e. The van der Waals surface area contributed by atoms with E-state index in [0.29, 0.717) is 24.3 Å². The Morgan fingerprint density at radius 1 is 1.40 bits per heavy atom. The summed E-state index contributed by atoms with van der Waals surface area (Å²) in [7, 11) is 0. The highest BCUT2D eigenvalue weighted by molar-refractivity contribution is 5.70. The summed E-state index contributed by atoms with van der Waals surface area (Å²) >= 11 is 0. The molecule has 0 unspecified atom stereocenters. The first kappa shape index (κ1) is 17.9. The monoisotopic (exact) mass is 349 g/mol. The first-order chi connectivity index (χ1) is 11.9. The van der Waals surface area contributed by atoms with Gasteiger partial charge in [0.1, 0.15) is 5.69 Å². The quantitative estimate of drug-likeness (QED) is 0.749. The lowest BCUT2D eigenvalue weighted by Crippen LogP contribution is -2.53. The van der Waals surface area contributed by atoms with Gasteiger partial charge in [-0.2, -0.15) is 4.98 Å². The van der Waals surface area contributed by atoms with E-state index in [9.17, 15) is 9.90 Å². The lowest BCUT2D eigenvalue weighted by atomic mass is 9.90. The average molecular weight is 349 g/mol. The van der Waals surface area contributed by atoms with Crippen molar-refractivity contribution in [2.24, 2.45) is 11.8 Å². The van der Waals surface area contributed by atoms with E-state index in [1.54, 1.807) is 6.92 Å². The number of amides is 1. The third-order valence-electron chi connectivity index (χ3n) is 5.05. The van der Waals surface area contributed by atoms with Crippen LogP contribution in [0.2, 0.25) is 0 Å². The molecule has 2 fully saturated rings. The van der Waals surface area contributed by atoms with Gasteiger partial charge in [-0.25, -0.2) is 9.78 Å². The molecule has 138 valence electrons. The van der Waals surface area contributed by atoms with E-state index in [1.165, 1.54) is 19.0 Å². The number of carbonyl (C=O) groups is 1. The Morgan fingerprint density at radius 2 is 2.12 bits per heavy atom. The zero-order valence-corrected chi connectivity index (χ0v) is 15.1. The van der Waals surface area contributed by atoms with Gasteiger partial charge in [0, 0.05) is 5.92 Å². The first-order valence-corrected chi connectivity index (χ1v) is 9.02. The average Bonchev–Trinajstić information content (AvgIpc) is 3.46. The molecule has 2 aliphatic carbocycles. The molecule has 7 heteroatoms. The van der Waals surface area contributed by atoms with E-state index in [4.69, 9.17) is 9.47 Å². The maximum atomic E-state index is 12.2. The maximum absolute atomic E-state index is 12.2. The van der Waals surface area contributed by atoms with Crippen LogP contribution in [0.4, 0.5) is 4.79 Å². The smallest absolute Gasteiger partial charge is 0.414 e. The van der Waals surface area contributed by atoms with Crippen LogP contribution in [0, 0.1) is 11.8 Å². The number of aliphatic hydroxyl groups excluding tert-OH is 1. The number of rotatable bonds is 8. The molecule has 3 rings (SSSR count). The molecule has 0 aromatic carbocycles. The molecule has 1 aromatic heterocycles. The van der Waals surface area contributed by atoms with Crippen molar-refractivity contribution in [1.82, 2.24) is 15.3 Å². The van der Waals surface area contributed by atoms with Gasteiger partial charge in [0.25, 0.3) is 0 Å². The summed E-state index contributed by atoms with van der Waals surface area (Å²) in [5.41, 5.74) is 0.0971. The van der Waals surface area contributed by atoms with Gasteiger partial charge in [-0.15, -0.1) is 0 Å². The Balaban J connectivity index is 1.66.